The van der Waals surface area contributed by atoms with E-state index in [1.165, 1.54) is 17.4 Å². The maximum absolute atomic E-state index is 15.2. The highest BCUT2D eigenvalue weighted by Gasteiger charge is 2.33. The average Bonchev–Trinajstić information content (AvgIpc) is 3.46. The second-order valence-electron chi connectivity index (χ2n) is 9.35. The van der Waals surface area contributed by atoms with Crippen molar-refractivity contribution in [1.82, 2.24) is 19.3 Å². The van der Waals surface area contributed by atoms with Gasteiger partial charge in [-0.1, -0.05) is 17.4 Å². The van der Waals surface area contributed by atoms with Crippen molar-refractivity contribution >= 4 is 38.5 Å². The number of amides is 2. The molecule has 4 aromatic rings. The van der Waals surface area contributed by atoms with E-state index in [1.807, 2.05) is 31.2 Å². The summed E-state index contributed by atoms with van der Waals surface area (Å²) in [4.78, 5) is 35.0. The van der Waals surface area contributed by atoms with Gasteiger partial charge in [-0.3, -0.25) is 9.20 Å². The van der Waals surface area contributed by atoms with E-state index in [0.29, 0.717) is 22.8 Å². The highest BCUT2D eigenvalue weighted by Crippen LogP contribution is 2.36. The van der Waals surface area contributed by atoms with Crippen molar-refractivity contribution < 1.29 is 18.7 Å². The average molecular weight is 482 g/mol. The third-order valence-corrected chi connectivity index (χ3v) is 6.79. The standard InChI is InChI=1S/C24H24FN5O3S/c1-24(2,3)33-23(32)29-8-4-5-18(29)13-6-7-14(15(25)9-13)17-12-30-19-11-27-16(21(26)31)10-20(19)34-22(30)28-17/h6-7,9-12,18H,4-5,8H2,1-3H3,(H2,26,31). The topological polar surface area (TPSA) is 103 Å². The van der Waals surface area contributed by atoms with Crippen molar-refractivity contribution in [2.75, 3.05) is 6.54 Å². The van der Waals surface area contributed by atoms with Crippen LogP contribution in [0, 0.1) is 5.82 Å². The summed E-state index contributed by atoms with van der Waals surface area (Å²) in [6, 6.07) is 6.43. The van der Waals surface area contributed by atoms with Gasteiger partial charge in [0.15, 0.2) is 4.96 Å². The first-order valence-corrected chi connectivity index (χ1v) is 11.8. The summed E-state index contributed by atoms with van der Waals surface area (Å²) in [6.07, 6.45) is 4.53. The first-order valence-electron chi connectivity index (χ1n) is 11.0. The number of imidazole rings is 1. The van der Waals surface area contributed by atoms with Gasteiger partial charge < -0.3 is 15.4 Å². The highest BCUT2D eigenvalue weighted by molar-refractivity contribution is 7.23. The lowest BCUT2D eigenvalue weighted by Gasteiger charge is -2.29. The molecule has 2 amide bonds. The molecule has 3 aromatic heterocycles. The third-order valence-electron chi connectivity index (χ3n) is 5.77. The fourth-order valence-electron chi connectivity index (χ4n) is 4.26. The number of likely N-dealkylation sites (tertiary alicyclic amines) is 1. The van der Waals surface area contributed by atoms with Crippen LogP contribution >= 0.6 is 11.3 Å². The molecule has 0 bridgehead atoms. The zero-order valence-corrected chi connectivity index (χ0v) is 19.9. The minimum Gasteiger partial charge on any atom is -0.444 e. The summed E-state index contributed by atoms with van der Waals surface area (Å²) >= 11 is 1.37. The third kappa shape index (κ3) is 3.98. The Labute approximate surface area is 199 Å². The van der Waals surface area contributed by atoms with Crippen LogP contribution in [0.1, 0.15) is 55.7 Å². The fraction of sp³-hybridized carbons (Fsp3) is 0.333. The van der Waals surface area contributed by atoms with Gasteiger partial charge in [0.2, 0.25) is 0 Å². The molecule has 2 N–H and O–H groups in total. The first kappa shape index (κ1) is 22.3. The van der Waals surface area contributed by atoms with Crippen molar-refractivity contribution in [3.05, 3.63) is 53.7 Å². The summed E-state index contributed by atoms with van der Waals surface area (Å²) in [5.74, 6) is -0.999. The van der Waals surface area contributed by atoms with Crippen LogP contribution in [0.2, 0.25) is 0 Å². The van der Waals surface area contributed by atoms with E-state index < -0.39 is 17.3 Å². The van der Waals surface area contributed by atoms with Crippen molar-refractivity contribution in [1.29, 1.82) is 0 Å². The van der Waals surface area contributed by atoms with Gasteiger partial charge in [0.25, 0.3) is 5.91 Å². The molecule has 1 unspecified atom stereocenters. The second kappa shape index (κ2) is 8.05. The number of hydrogen-bond acceptors (Lipinski definition) is 6. The lowest BCUT2D eigenvalue weighted by Crippen LogP contribution is -2.36. The largest absolute Gasteiger partial charge is 0.444 e. The molecule has 4 heterocycles. The number of hydrogen-bond donors (Lipinski definition) is 1. The fourth-order valence-corrected chi connectivity index (χ4v) is 5.28. The molecule has 1 fully saturated rings. The van der Waals surface area contributed by atoms with Gasteiger partial charge in [0.1, 0.15) is 17.1 Å². The molecule has 1 aromatic carbocycles. The Morgan fingerprint density at radius 3 is 2.76 bits per heavy atom. The minimum absolute atomic E-state index is 0.186. The zero-order chi connectivity index (χ0) is 24.2. The first-order chi connectivity index (χ1) is 16.1. The summed E-state index contributed by atoms with van der Waals surface area (Å²) in [7, 11) is 0. The molecule has 0 spiro atoms. The Morgan fingerprint density at radius 2 is 2.06 bits per heavy atom. The van der Waals surface area contributed by atoms with Gasteiger partial charge >= 0.3 is 6.09 Å². The number of pyridine rings is 1. The number of nitrogens with two attached hydrogens (primary N) is 1. The van der Waals surface area contributed by atoms with Crippen LogP contribution in [-0.2, 0) is 4.74 Å². The number of primary amides is 1. The predicted octanol–water partition coefficient (Wildman–Crippen LogP) is 4.92. The van der Waals surface area contributed by atoms with Gasteiger partial charge in [-0.15, -0.1) is 0 Å². The maximum atomic E-state index is 15.2. The Kier molecular flexibility index (Phi) is 5.27. The molecule has 0 aliphatic carbocycles. The molecular weight excluding hydrogens is 457 g/mol. The van der Waals surface area contributed by atoms with E-state index in [4.69, 9.17) is 10.5 Å². The number of fused-ring (bicyclic) bond motifs is 3. The van der Waals surface area contributed by atoms with E-state index in [2.05, 4.69) is 9.97 Å². The predicted molar refractivity (Wildman–Crippen MR) is 127 cm³/mol. The smallest absolute Gasteiger partial charge is 0.410 e. The van der Waals surface area contributed by atoms with E-state index in [9.17, 15) is 9.59 Å². The van der Waals surface area contributed by atoms with Gasteiger partial charge in [-0.2, -0.15) is 0 Å². The lowest BCUT2D eigenvalue weighted by atomic mass is 10.0. The summed E-state index contributed by atoms with van der Waals surface area (Å²) < 4.78 is 23.4. The number of thiazole rings is 1. The molecule has 0 radical (unpaired) electrons. The van der Waals surface area contributed by atoms with E-state index in [1.54, 1.807) is 29.4 Å². The van der Waals surface area contributed by atoms with Crippen LogP contribution in [-0.4, -0.2) is 43.4 Å². The Balaban J connectivity index is 1.44. The van der Waals surface area contributed by atoms with Gasteiger partial charge in [0.05, 0.1) is 28.1 Å². The number of benzene rings is 1. The van der Waals surface area contributed by atoms with Crippen LogP contribution in [0.4, 0.5) is 9.18 Å². The number of aromatic nitrogens is 3. The lowest BCUT2D eigenvalue weighted by molar-refractivity contribution is 0.0224. The molecule has 8 nitrogen and oxygen atoms in total. The molecule has 34 heavy (non-hydrogen) atoms. The van der Waals surface area contributed by atoms with Gasteiger partial charge in [0, 0.05) is 18.3 Å². The molecule has 0 saturated carbocycles. The number of halogens is 1. The Hall–Kier alpha value is -3.53. The molecule has 1 aliphatic heterocycles. The SMILES string of the molecule is CC(C)(C)OC(=O)N1CCCC1c1ccc(-c2cn3c(n2)sc2cc(C(N)=O)ncc23)c(F)c1. The Morgan fingerprint density at radius 1 is 1.26 bits per heavy atom. The monoisotopic (exact) mass is 481 g/mol. The minimum atomic E-state index is -0.594. The highest BCUT2D eigenvalue weighted by atomic mass is 32.1. The number of carbonyl (C=O) groups excluding carboxylic acids is 2. The quantitative estimate of drug-likeness (QED) is 0.447. The van der Waals surface area contributed by atoms with Gasteiger partial charge in [-0.25, -0.2) is 19.2 Å². The number of carbonyl (C=O) groups is 2. The summed E-state index contributed by atoms with van der Waals surface area (Å²) in [6.45, 7) is 6.07. The maximum Gasteiger partial charge on any atom is 0.410 e. The van der Waals surface area contributed by atoms with E-state index in [0.717, 1.165) is 28.6 Å². The molecule has 1 saturated heterocycles. The normalized spacial score (nSPS) is 16.5. The second-order valence-corrected chi connectivity index (χ2v) is 10.4. The molecular formula is C24H24FN5O3S. The van der Waals surface area contributed by atoms with Crippen LogP contribution in [0.5, 0.6) is 0 Å². The molecule has 10 heteroatoms. The number of nitrogens with zero attached hydrogens (tertiary/aromatic N) is 4. The zero-order valence-electron chi connectivity index (χ0n) is 19.0. The van der Waals surface area contributed by atoms with Crippen LogP contribution in [0.25, 0.3) is 26.4 Å². The van der Waals surface area contributed by atoms with Crippen LogP contribution in [0.3, 0.4) is 0 Å². The van der Waals surface area contributed by atoms with Crippen molar-refractivity contribution in [2.24, 2.45) is 5.73 Å². The van der Waals surface area contributed by atoms with Crippen molar-refractivity contribution in [2.45, 2.75) is 45.3 Å². The van der Waals surface area contributed by atoms with E-state index in [-0.39, 0.29) is 17.8 Å². The Bertz CT molecular complexity index is 1440. The summed E-state index contributed by atoms with van der Waals surface area (Å²) in [5, 5.41) is 0. The molecule has 5 rings (SSSR count). The number of ether oxygens (including phenoxy) is 1. The van der Waals surface area contributed by atoms with E-state index >= 15 is 4.39 Å². The number of rotatable bonds is 3. The van der Waals surface area contributed by atoms with Crippen molar-refractivity contribution in [3.8, 4) is 11.3 Å². The van der Waals surface area contributed by atoms with Gasteiger partial charge in [-0.05, 0) is 57.4 Å². The van der Waals surface area contributed by atoms with Crippen LogP contribution < -0.4 is 5.73 Å². The van der Waals surface area contributed by atoms with Crippen molar-refractivity contribution in [3.63, 3.8) is 0 Å². The molecule has 1 atom stereocenters. The molecule has 1 aliphatic rings. The van der Waals surface area contributed by atoms with Crippen LogP contribution in [0.15, 0.2) is 36.7 Å². The molecule has 176 valence electrons. The summed E-state index contributed by atoms with van der Waals surface area (Å²) in [5.41, 5.74) is 7.27.